The van der Waals surface area contributed by atoms with Gasteiger partial charge in [0, 0.05) is 18.5 Å². The van der Waals surface area contributed by atoms with Crippen LogP contribution in [0.2, 0.25) is 0 Å². The van der Waals surface area contributed by atoms with Gasteiger partial charge in [-0.1, -0.05) is 60.7 Å². The molecule has 5 nitrogen and oxygen atoms in total. The number of nitrogens with one attached hydrogen (secondary N) is 2. The maximum Gasteiger partial charge on any atom is 0.353 e. The molecular formula is C18H17N3O2. The Morgan fingerprint density at radius 3 is 2.09 bits per heavy atom. The number of hydrogen-bond donors (Lipinski definition) is 3. The normalized spacial score (nSPS) is 10.7. The topological polar surface area (TPSA) is 78.0 Å². The molecule has 1 aromatic heterocycles. The molecule has 23 heavy (non-hydrogen) atoms. The highest BCUT2D eigenvalue weighted by molar-refractivity contribution is 5.86. The molecule has 3 aromatic rings. The van der Waals surface area contributed by atoms with E-state index in [1.165, 1.54) is 17.2 Å². The van der Waals surface area contributed by atoms with Crippen LogP contribution in [0.4, 0.5) is 5.82 Å². The summed E-state index contributed by atoms with van der Waals surface area (Å²) in [5.41, 5.74) is 2.46. The molecule has 0 spiro atoms. The first-order chi connectivity index (χ1) is 11.2. The third-order valence-corrected chi connectivity index (χ3v) is 3.70. The number of hydrogen-bond acceptors (Lipinski definition) is 3. The van der Waals surface area contributed by atoms with E-state index in [1.807, 2.05) is 36.4 Å². The van der Waals surface area contributed by atoms with E-state index in [2.05, 4.69) is 39.8 Å². The molecule has 0 unspecified atom stereocenters. The van der Waals surface area contributed by atoms with Crippen molar-refractivity contribution in [2.45, 2.75) is 5.92 Å². The van der Waals surface area contributed by atoms with E-state index in [0.717, 1.165) is 0 Å². The molecule has 0 saturated heterocycles. The molecule has 3 N–H and O–H groups in total. The monoisotopic (exact) mass is 307 g/mol. The Bertz CT molecular complexity index is 730. The van der Waals surface area contributed by atoms with Gasteiger partial charge in [-0.15, -0.1) is 0 Å². The zero-order chi connectivity index (χ0) is 16.1. The van der Waals surface area contributed by atoms with E-state index in [9.17, 15) is 4.79 Å². The van der Waals surface area contributed by atoms with Gasteiger partial charge < -0.3 is 10.4 Å². The summed E-state index contributed by atoms with van der Waals surface area (Å²) >= 11 is 0. The first kappa shape index (κ1) is 14.8. The third-order valence-electron chi connectivity index (χ3n) is 3.70. The van der Waals surface area contributed by atoms with Gasteiger partial charge in [0.25, 0.3) is 0 Å². The molecular weight excluding hydrogens is 290 g/mol. The van der Waals surface area contributed by atoms with Gasteiger partial charge in [-0.2, -0.15) is 5.10 Å². The summed E-state index contributed by atoms with van der Waals surface area (Å²) in [6.07, 6.45) is 0. The van der Waals surface area contributed by atoms with Gasteiger partial charge in [0.05, 0.1) is 0 Å². The van der Waals surface area contributed by atoms with Gasteiger partial charge in [0.2, 0.25) is 0 Å². The van der Waals surface area contributed by atoms with E-state index in [4.69, 9.17) is 5.11 Å². The Hall–Kier alpha value is -3.08. The Morgan fingerprint density at radius 1 is 1.04 bits per heavy atom. The average Bonchev–Trinajstić information content (AvgIpc) is 3.06. The molecule has 0 saturated carbocycles. The number of anilines is 1. The molecule has 2 aromatic carbocycles. The highest BCUT2D eigenvalue weighted by atomic mass is 16.4. The number of aromatic carboxylic acids is 1. The lowest BCUT2D eigenvalue weighted by Gasteiger charge is -2.18. The average molecular weight is 307 g/mol. The van der Waals surface area contributed by atoms with E-state index >= 15 is 0 Å². The van der Waals surface area contributed by atoms with Gasteiger partial charge in [-0.3, -0.25) is 5.10 Å². The molecule has 0 amide bonds. The predicted molar refractivity (Wildman–Crippen MR) is 88.8 cm³/mol. The predicted octanol–water partition coefficient (Wildman–Crippen LogP) is 3.35. The molecule has 1 heterocycles. The van der Waals surface area contributed by atoms with Crippen LogP contribution in [0.25, 0.3) is 0 Å². The number of carbonyl (C=O) groups is 1. The van der Waals surface area contributed by atoms with E-state index < -0.39 is 5.97 Å². The summed E-state index contributed by atoms with van der Waals surface area (Å²) in [5, 5.41) is 18.6. The fourth-order valence-electron chi connectivity index (χ4n) is 2.53. The number of rotatable bonds is 6. The molecule has 116 valence electrons. The molecule has 0 fully saturated rings. The number of carboxylic acids is 1. The number of nitrogens with zero attached hydrogens (tertiary/aromatic N) is 1. The summed E-state index contributed by atoms with van der Waals surface area (Å²) in [7, 11) is 0. The Balaban J connectivity index is 1.80. The zero-order valence-electron chi connectivity index (χ0n) is 12.4. The van der Waals surface area contributed by atoms with Crippen LogP contribution in [0, 0.1) is 0 Å². The molecule has 3 rings (SSSR count). The van der Waals surface area contributed by atoms with Crippen LogP contribution >= 0.6 is 0 Å². The number of H-pyrrole nitrogens is 1. The highest BCUT2D eigenvalue weighted by Crippen LogP contribution is 2.24. The maximum atomic E-state index is 10.9. The van der Waals surface area contributed by atoms with Gasteiger partial charge in [-0.25, -0.2) is 4.79 Å². The maximum absolute atomic E-state index is 10.9. The minimum Gasteiger partial charge on any atom is -0.477 e. The van der Waals surface area contributed by atoms with E-state index in [0.29, 0.717) is 12.4 Å². The SMILES string of the molecule is O=C(O)c1cc(NCC(c2ccccc2)c2ccccc2)n[nH]1. The number of benzene rings is 2. The van der Waals surface area contributed by atoms with Gasteiger partial charge in [0.1, 0.15) is 11.5 Å². The van der Waals surface area contributed by atoms with Crippen molar-refractivity contribution >= 4 is 11.8 Å². The van der Waals surface area contributed by atoms with Crippen LogP contribution in [-0.2, 0) is 0 Å². The second-order valence-electron chi connectivity index (χ2n) is 5.23. The summed E-state index contributed by atoms with van der Waals surface area (Å²) in [5.74, 6) is -0.338. The van der Waals surface area contributed by atoms with Crippen LogP contribution in [0.5, 0.6) is 0 Å². The Labute approximate surface area is 134 Å². The Morgan fingerprint density at radius 2 is 1.61 bits per heavy atom. The molecule has 0 aliphatic carbocycles. The fourth-order valence-corrected chi connectivity index (χ4v) is 2.53. The third kappa shape index (κ3) is 3.58. The fraction of sp³-hybridized carbons (Fsp3) is 0.111. The molecule has 0 radical (unpaired) electrons. The minimum absolute atomic E-state index is 0.0727. The van der Waals surface area contributed by atoms with Gasteiger partial charge in [0.15, 0.2) is 0 Å². The smallest absolute Gasteiger partial charge is 0.353 e. The second-order valence-corrected chi connectivity index (χ2v) is 5.23. The van der Waals surface area contributed by atoms with Crippen LogP contribution in [0.15, 0.2) is 66.7 Å². The molecule has 0 aliphatic heterocycles. The van der Waals surface area contributed by atoms with Crippen molar-refractivity contribution in [3.05, 3.63) is 83.6 Å². The lowest BCUT2D eigenvalue weighted by Crippen LogP contribution is -2.14. The van der Waals surface area contributed by atoms with Crippen LogP contribution < -0.4 is 5.32 Å². The van der Waals surface area contributed by atoms with Crippen molar-refractivity contribution < 1.29 is 9.90 Å². The molecule has 0 atom stereocenters. The largest absolute Gasteiger partial charge is 0.477 e. The lowest BCUT2D eigenvalue weighted by molar-refractivity contribution is 0.0690. The van der Waals surface area contributed by atoms with Crippen LogP contribution in [0.3, 0.4) is 0 Å². The number of aromatic nitrogens is 2. The second kappa shape index (κ2) is 6.79. The van der Waals surface area contributed by atoms with Crippen molar-refractivity contribution in [3.63, 3.8) is 0 Å². The first-order valence-corrected chi connectivity index (χ1v) is 7.36. The van der Waals surface area contributed by atoms with E-state index in [-0.39, 0.29) is 11.6 Å². The summed E-state index contributed by atoms with van der Waals surface area (Å²) in [4.78, 5) is 10.9. The van der Waals surface area contributed by atoms with Crippen molar-refractivity contribution in [2.75, 3.05) is 11.9 Å². The molecule has 0 aliphatic rings. The highest BCUT2D eigenvalue weighted by Gasteiger charge is 2.15. The quantitative estimate of drug-likeness (QED) is 0.652. The Kier molecular flexibility index (Phi) is 4.38. The first-order valence-electron chi connectivity index (χ1n) is 7.36. The van der Waals surface area contributed by atoms with Crippen molar-refractivity contribution in [1.82, 2.24) is 10.2 Å². The summed E-state index contributed by atoms with van der Waals surface area (Å²) < 4.78 is 0. The van der Waals surface area contributed by atoms with Crippen molar-refractivity contribution in [3.8, 4) is 0 Å². The lowest BCUT2D eigenvalue weighted by atomic mass is 9.91. The van der Waals surface area contributed by atoms with E-state index in [1.54, 1.807) is 0 Å². The minimum atomic E-state index is -1.02. The molecule has 0 bridgehead atoms. The number of carboxylic acid groups (broad SMARTS) is 1. The van der Waals surface area contributed by atoms with Crippen LogP contribution in [-0.4, -0.2) is 27.8 Å². The van der Waals surface area contributed by atoms with Crippen molar-refractivity contribution in [1.29, 1.82) is 0 Å². The van der Waals surface area contributed by atoms with Crippen LogP contribution in [0.1, 0.15) is 27.5 Å². The number of aromatic amines is 1. The molecule has 5 heteroatoms. The van der Waals surface area contributed by atoms with Crippen molar-refractivity contribution in [2.24, 2.45) is 0 Å². The summed E-state index contributed by atoms with van der Waals surface area (Å²) in [6, 6.07) is 21.9. The zero-order valence-corrected chi connectivity index (χ0v) is 12.4. The van der Waals surface area contributed by atoms with Gasteiger partial charge >= 0.3 is 5.97 Å². The standard InChI is InChI=1S/C18H17N3O2/c22-18(23)16-11-17(21-20-16)19-12-15(13-7-3-1-4-8-13)14-9-5-2-6-10-14/h1-11,15H,12H2,(H,22,23)(H2,19,20,21). The van der Waals surface area contributed by atoms with Gasteiger partial charge in [-0.05, 0) is 11.1 Å². The summed E-state index contributed by atoms with van der Waals surface area (Å²) in [6.45, 7) is 0.623.